The summed E-state index contributed by atoms with van der Waals surface area (Å²) >= 11 is 0. The van der Waals surface area contributed by atoms with Crippen molar-refractivity contribution in [1.29, 1.82) is 0 Å². The summed E-state index contributed by atoms with van der Waals surface area (Å²) in [6, 6.07) is 12.7. The second-order valence-corrected chi connectivity index (χ2v) is 6.25. The predicted octanol–water partition coefficient (Wildman–Crippen LogP) is 2.41. The molecule has 0 N–H and O–H groups in total. The summed E-state index contributed by atoms with van der Waals surface area (Å²) in [6.07, 6.45) is 7.89. The highest BCUT2D eigenvalue weighted by atomic mass is 15.3. The quantitative estimate of drug-likeness (QED) is 0.743. The third-order valence-corrected chi connectivity index (χ3v) is 4.39. The Labute approximate surface area is 136 Å². The van der Waals surface area contributed by atoms with Crippen LogP contribution in [-0.2, 0) is 26.2 Å². The van der Waals surface area contributed by atoms with Crippen LogP contribution in [0.15, 0.2) is 61.2 Å². The first-order chi connectivity index (χ1) is 11.4. The number of benzene rings is 1. The van der Waals surface area contributed by atoms with E-state index in [1.54, 1.807) is 0 Å². The first-order valence-electron chi connectivity index (χ1n) is 8.10. The standard InChI is InChI=1S/C18H21N5/c1-2-5-16(6-3-1)11-21-12-17(14-23-9-4-7-20-23)13-22-10-8-19-18(22)15-21/h1-10,17H,11-15H2/t17-/m1/s1. The zero-order chi connectivity index (χ0) is 15.5. The molecule has 2 aromatic heterocycles. The number of rotatable bonds is 4. The van der Waals surface area contributed by atoms with Crippen LogP contribution in [0.4, 0.5) is 0 Å². The molecular weight excluding hydrogens is 286 g/mol. The van der Waals surface area contributed by atoms with Crippen molar-refractivity contribution < 1.29 is 0 Å². The Balaban J connectivity index is 1.54. The van der Waals surface area contributed by atoms with E-state index in [9.17, 15) is 0 Å². The summed E-state index contributed by atoms with van der Waals surface area (Å²) in [5, 5.41) is 4.37. The predicted molar refractivity (Wildman–Crippen MR) is 88.5 cm³/mol. The zero-order valence-electron chi connectivity index (χ0n) is 13.1. The van der Waals surface area contributed by atoms with Crippen molar-refractivity contribution in [2.45, 2.75) is 26.2 Å². The third kappa shape index (κ3) is 3.35. The van der Waals surface area contributed by atoms with Crippen molar-refractivity contribution in [3.05, 3.63) is 72.6 Å². The van der Waals surface area contributed by atoms with Gasteiger partial charge in [0.1, 0.15) is 5.82 Å². The van der Waals surface area contributed by atoms with Crippen LogP contribution in [-0.4, -0.2) is 30.8 Å². The van der Waals surface area contributed by atoms with E-state index in [0.29, 0.717) is 5.92 Å². The molecule has 5 nitrogen and oxygen atoms in total. The van der Waals surface area contributed by atoms with Gasteiger partial charge in [0, 0.05) is 56.9 Å². The van der Waals surface area contributed by atoms with Crippen LogP contribution in [0.5, 0.6) is 0 Å². The van der Waals surface area contributed by atoms with Crippen molar-refractivity contribution in [2.75, 3.05) is 6.54 Å². The number of aromatic nitrogens is 4. The minimum atomic E-state index is 0.522. The molecule has 0 aliphatic carbocycles. The molecule has 1 aliphatic rings. The van der Waals surface area contributed by atoms with Gasteiger partial charge in [-0.1, -0.05) is 30.3 Å². The van der Waals surface area contributed by atoms with Gasteiger partial charge in [-0.25, -0.2) is 4.98 Å². The zero-order valence-corrected chi connectivity index (χ0v) is 13.1. The monoisotopic (exact) mass is 307 g/mol. The number of fused-ring (bicyclic) bond motifs is 1. The lowest BCUT2D eigenvalue weighted by molar-refractivity contribution is 0.205. The van der Waals surface area contributed by atoms with Gasteiger partial charge in [-0.05, 0) is 11.6 Å². The van der Waals surface area contributed by atoms with E-state index in [2.05, 4.69) is 56.1 Å². The van der Waals surface area contributed by atoms with E-state index in [0.717, 1.165) is 38.5 Å². The van der Waals surface area contributed by atoms with E-state index >= 15 is 0 Å². The fourth-order valence-electron chi connectivity index (χ4n) is 3.37. The van der Waals surface area contributed by atoms with Crippen molar-refractivity contribution in [3.63, 3.8) is 0 Å². The summed E-state index contributed by atoms with van der Waals surface area (Å²) in [5.74, 6) is 1.68. The van der Waals surface area contributed by atoms with Crippen LogP contribution < -0.4 is 0 Å². The lowest BCUT2D eigenvalue weighted by Gasteiger charge is -2.23. The lowest BCUT2D eigenvalue weighted by atomic mass is 10.1. The van der Waals surface area contributed by atoms with Gasteiger partial charge in [0.15, 0.2) is 0 Å². The topological polar surface area (TPSA) is 38.9 Å². The number of hydrogen-bond acceptors (Lipinski definition) is 3. The average molecular weight is 307 g/mol. The molecule has 1 aliphatic heterocycles. The van der Waals surface area contributed by atoms with Gasteiger partial charge >= 0.3 is 0 Å². The smallest absolute Gasteiger partial charge is 0.122 e. The molecule has 3 aromatic rings. The number of hydrogen-bond donors (Lipinski definition) is 0. The summed E-state index contributed by atoms with van der Waals surface area (Å²) in [7, 11) is 0. The number of imidazole rings is 1. The molecule has 0 saturated carbocycles. The van der Waals surface area contributed by atoms with E-state index in [1.165, 1.54) is 5.56 Å². The second-order valence-electron chi connectivity index (χ2n) is 6.25. The fraction of sp³-hybridized carbons (Fsp3) is 0.333. The summed E-state index contributed by atoms with van der Waals surface area (Å²) in [6.45, 7) is 4.86. The van der Waals surface area contributed by atoms with Crippen LogP contribution >= 0.6 is 0 Å². The van der Waals surface area contributed by atoms with Gasteiger partial charge in [0.25, 0.3) is 0 Å². The van der Waals surface area contributed by atoms with Crippen LogP contribution in [0.2, 0.25) is 0 Å². The van der Waals surface area contributed by atoms with Crippen molar-refractivity contribution in [3.8, 4) is 0 Å². The Bertz CT molecular complexity index is 732. The van der Waals surface area contributed by atoms with E-state index in [-0.39, 0.29) is 0 Å². The molecule has 0 amide bonds. The van der Waals surface area contributed by atoms with E-state index < -0.39 is 0 Å². The van der Waals surface area contributed by atoms with Gasteiger partial charge in [-0.2, -0.15) is 5.10 Å². The first kappa shape index (κ1) is 14.2. The summed E-state index contributed by atoms with van der Waals surface area (Å²) in [5.41, 5.74) is 1.35. The van der Waals surface area contributed by atoms with E-state index in [1.807, 2.05) is 29.3 Å². The molecule has 0 unspecified atom stereocenters. The molecule has 118 valence electrons. The molecule has 0 saturated heterocycles. The summed E-state index contributed by atoms with van der Waals surface area (Å²) in [4.78, 5) is 7.03. The van der Waals surface area contributed by atoms with Crippen LogP contribution in [0.1, 0.15) is 11.4 Å². The number of nitrogens with zero attached hydrogens (tertiary/aromatic N) is 5. The first-order valence-corrected chi connectivity index (χ1v) is 8.10. The molecule has 23 heavy (non-hydrogen) atoms. The summed E-state index contributed by atoms with van der Waals surface area (Å²) < 4.78 is 4.33. The van der Waals surface area contributed by atoms with Gasteiger partial charge in [0.2, 0.25) is 0 Å². The van der Waals surface area contributed by atoms with Crippen LogP contribution in [0.3, 0.4) is 0 Å². The molecule has 1 aromatic carbocycles. The lowest BCUT2D eigenvalue weighted by Crippen LogP contribution is -2.30. The minimum Gasteiger partial charge on any atom is -0.333 e. The molecule has 0 spiro atoms. The van der Waals surface area contributed by atoms with Crippen molar-refractivity contribution in [2.24, 2.45) is 5.92 Å². The minimum absolute atomic E-state index is 0.522. The van der Waals surface area contributed by atoms with Crippen LogP contribution in [0.25, 0.3) is 0 Å². The van der Waals surface area contributed by atoms with E-state index in [4.69, 9.17) is 0 Å². The van der Waals surface area contributed by atoms with Crippen molar-refractivity contribution in [1.82, 2.24) is 24.2 Å². The third-order valence-electron chi connectivity index (χ3n) is 4.39. The normalized spacial score (nSPS) is 18.5. The Hall–Kier alpha value is -2.40. The van der Waals surface area contributed by atoms with Crippen LogP contribution in [0, 0.1) is 5.92 Å². The maximum absolute atomic E-state index is 4.54. The maximum Gasteiger partial charge on any atom is 0.122 e. The molecule has 0 bridgehead atoms. The highest BCUT2D eigenvalue weighted by Crippen LogP contribution is 2.19. The fourth-order valence-corrected chi connectivity index (χ4v) is 3.37. The molecule has 0 fully saturated rings. The second kappa shape index (κ2) is 6.38. The molecule has 1 atom stereocenters. The Kier molecular flexibility index (Phi) is 3.94. The Morgan fingerprint density at radius 1 is 1.00 bits per heavy atom. The molecular formula is C18H21N5. The SMILES string of the molecule is c1ccc(CN2Cc3nccn3C[C@H](Cn3cccn3)C2)cc1. The van der Waals surface area contributed by atoms with Gasteiger partial charge in [-0.3, -0.25) is 9.58 Å². The highest BCUT2D eigenvalue weighted by Gasteiger charge is 2.22. The van der Waals surface area contributed by atoms with Crippen molar-refractivity contribution >= 4 is 0 Å². The van der Waals surface area contributed by atoms with Gasteiger partial charge in [0.05, 0.1) is 6.54 Å². The van der Waals surface area contributed by atoms with Gasteiger partial charge < -0.3 is 4.57 Å². The molecule has 3 heterocycles. The average Bonchev–Trinajstić information content (AvgIpc) is 3.18. The van der Waals surface area contributed by atoms with Gasteiger partial charge in [-0.15, -0.1) is 0 Å². The Morgan fingerprint density at radius 3 is 2.74 bits per heavy atom. The Morgan fingerprint density at radius 2 is 1.91 bits per heavy atom. The molecule has 5 heteroatoms. The molecule has 4 rings (SSSR count). The molecule has 0 radical (unpaired) electrons. The maximum atomic E-state index is 4.54. The largest absolute Gasteiger partial charge is 0.333 e. The highest BCUT2D eigenvalue weighted by molar-refractivity contribution is 5.14.